The third-order valence-electron chi connectivity index (χ3n) is 16.9. The van der Waals surface area contributed by atoms with Crippen LogP contribution in [0.4, 0.5) is 85.3 Å². The Morgan fingerprint density at radius 3 is 1.27 bits per heavy atom. The van der Waals surface area contributed by atoms with E-state index in [1.54, 1.807) is 0 Å². The zero-order valence-electron chi connectivity index (χ0n) is 43.2. The van der Waals surface area contributed by atoms with Crippen LogP contribution in [-0.2, 0) is 0 Å². The van der Waals surface area contributed by atoms with Crippen molar-refractivity contribution in [3.8, 4) is 22.3 Å². The average molecular weight is 1010 g/mol. The number of benzene rings is 11. The van der Waals surface area contributed by atoms with Gasteiger partial charge >= 0.3 is 0 Å². The Kier molecular flexibility index (Phi) is 9.42. The summed E-state index contributed by atoms with van der Waals surface area (Å²) in [7, 11) is 0. The van der Waals surface area contributed by atoms with Crippen molar-refractivity contribution in [1.29, 1.82) is 0 Å². The van der Waals surface area contributed by atoms with E-state index in [2.05, 4.69) is 298 Å². The van der Waals surface area contributed by atoms with Gasteiger partial charge in [-0.2, -0.15) is 0 Å². The molecule has 1 aromatic heterocycles. The largest absolute Gasteiger partial charge is 0.480 e. The van der Waals surface area contributed by atoms with E-state index in [0.29, 0.717) is 0 Å². The van der Waals surface area contributed by atoms with E-state index in [1.807, 2.05) is 0 Å². The minimum atomic E-state index is -0.280. The van der Waals surface area contributed by atoms with Crippen LogP contribution in [0.5, 0.6) is 0 Å². The number of hydrogen-bond acceptors (Lipinski definition) is 6. The maximum atomic E-state index is 8.11. The van der Waals surface area contributed by atoms with Crippen LogP contribution < -0.4 is 57.7 Å². The molecule has 5 aliphatic rings. The van der Waals surface area contributed by atoms with Crippen LogP contribution in [0.1, 0.15) is 5.56 Å². The second kappa shape index (κ2) is 16.9. The first-order valence-electron chi connectivity index (χ1n) is 27.3. The summed E-state index contributed by atoms with van der Waals surface area (Å²) >= 11 is 0. The molecule has 79 heavy (non-hydrogen) atoms. The molecule has 0 aliphatic carbocycles. The van der Waals surface area contributed by atoms with Gasteiger partial charge in [0.05, 0.1) is 28.4 Å². The summed E-state index contributed by atoms with van der Waals surface area (Å²) in [5, 5.41) is 0. The van der Waals surface area contributed by atoms with Gasteiger partial charge in [0.2, 0.25) is 0 Å². The van der Waals surface area contributed by atoms with Crippen LogP contribution in [0, 0.1) is 6.92 Å². The van der Waals surface area contributed by atoms with Crippen molar-refractivity contribution in [2.45, 2.75) is 6.92 Å². The van der Waals surface area contributed by atoms with Crippen LogP contribution in [0.2, 0.25) is 0 Å². The number of anilines is 15. The van der Waals surface area contributed by atoms with E-state index in [4.69, 9.17) is 4.42 Å². The Hall–Kier alpha value is -10.2. The van der Waals surface area contributed by atoms with E-state index in [-0.39, 0.29) is 13.4 Å². The van der Waals surface area contributed by atoms with Gasteiger partial charge in [-0.05, 0) is 154 Å². The molecule has 6 heterocycles. The Bertz CT molecular complexity index is 4380. The predicted molar refractivity (Wildman–Crippen MR) is 331 cm³/mol. The van der Waals surface area contributed by atoms with Gasteiger partial charge in [0.15, 0.2) is 0 Å². The highest BCUT2D eigenvalue weighted by atomic mass is 16.3. The zero-order valence-corrected chi connectivity index (χ0v) is 43.2. The summed E-state index contributed by atoms with van der Waals surface area (Å²) in [6.07, 6.45) is 0. The second-order valence-corrected chi connectivity index (χ2v) is 21.3. The van der Waals surface area contributed by atoms with Crippen molar-refractivity contribution < 1.29 is 4.42 Å². The number of aryl methyl sites for hydroxylation is 1. The molecule has 0 fully saturated rings. The van der Waals surface area contributed by atoms with Crippen molar-refractivity contribution in [3.05, 3.63) is 272 Å². The van der Waals surface area contributed by atoms with Gasteiger partial charge in [0.25, 0.3) is 13.4 Å². The standard InChI is InChI=1S/C71H47B2N5O/c1-46-40-62-66-63(41-46)77-59-34-20-21-35-60(59)78-65-45-55(74(51-26-12-4-13-27-51)52-28-14-5-15-29-52)44-64-67(65)73(57-42-49(47-22-8-2-9-23-47)37-39-58(57)75(64)53-30-16-6-17-31-53)71-69(78)68(77)70(79-71)72(66)56-38-36-50(48-24-10-3-11-25-48)43-61(56)76(62)54-32-18-7-19-33-54/h2-45H,1H3. The summed E-state index contributed by atoms with van der Waals surface area (Å²) in [6, 6.07) is 97.9. The molecule has 0 bridgehead atoms. The lowest BCUT2D eigenvalue weighted by Gasteiger charge is -2.48. The lowest BCUT2D eigenvalue weighted by Crippen LogP contribution is -2.61. The number of rotatable bonds is 7. The highest BCUT2D eigenvalue weighted by molar-refractivity contribution is 7.02. The molecule has 0 radical (unpaired) electrons. The molecule has 0 unspecified atom stereocenters. The van der Waals surface area contributed by atoms with Gasteiger partial charge in [-0.15, -0.1) is 0 Å². The molecule has 12 aromatic rings. The van der Waals surface area contributed by atoms with Gasteiger partial charge in [0, 0.05) is 56.9 Å². The molecule has 0 atom stereocenters. The van der Waals surface area contributed by atoms with Crippen LogP contribution in [0.25, 0.3) is 22.3 Å². The van der Waals surface area contributed by atoms with E-state index in [9.17, 15) is 0 Å². The molecule has 6 nitrogen and oxygen atoms in total. The van der Waals surface area contributed by atoms with Gasteiger partial charge < -0.3 is 28.9 Å². The van der Waals surface area contributed by atoms with Gasteiger partial charge in [-0.3, -0.25) is 0 Å². The Labute approximate surface area is 460 Å². The highest BCUT2D eigenvalue weighted by Gasteiger charge is 2.55. The van der Waals surface area contributed by atoms with Crippen LogP contribution in [-0.4, -0.2) is 13.4 Å². The summed E-state index contributed by atoms with van der Waals surface area (Å²) < 4.78 is 8.11. The van der Waals surface area contributed by atoms with Crippen LogP contribution >= 0.6 is 0 Å². The Morgan fingerprint density at radius 2 is 0.722 bits per heavy atom. The first-order valence-corrected chi connectivity index (χ1v) is 27.3. The monoisotopic (exact) mass is 1010 g/mol. The fourth-order valence-corrected chi connectivity index (χ4v) is 13.7. The van der Waals surface area contributed by atoms with Crippen LogP contribution in [0.15, 0.2) is 271 Å². The number of fused-ring (bicyclic) bond motifs is 11. The lowest BCUT2D eigenvalue weighted by atomic mass is 9.35. The molecule has 0 saturated heterocycles. The Balaban J connectivity index is 0.997. The highest BCUT2D eigenvalue weighted by Crippen LogP contribution is 2.59. The SMILES string of the molecule is Cc1cc2c3c(c1)N1c4ccccc4N4c5cc(N(c6ccccc6)c6ccccc6)cc6c5B(c5cc(-c7ccccc7)ccc5N6c5ccccc5)c5oc(c1c54)B3c1ccc(-c3ccccc3)cc1N2c1ccccc1. The summed E-state index contributed by atoms with van der Waals surface area (Å²) in [5.41, 5.74) is 29.3. The summed E-state index contributed by atoms with van der Waals surface area (Å²) in [4.78, 5) is 12.5. The summed E-state index contributed by atoms with van der Waals surface area (Å²) in [5.74, 6) is 0. The Morgan fingerprint density at radius 1 is 0.304 bits per heavy atom. The number of para-hydroxylation sites is 6. The molecule has 0 saturated carbocycles. The maximum Gasteiger partial charge on any atom is 0.297 e. The first kappa shape index (κ1) is 44.0. The molecule has 0 amide bonds. The molecule has 11 aromatic carbocycles. The first-order chi connectivity index (χ1) is 39.1. The third-order valence-corrected chi connectivity index (χ3v) is 16.9. The minimum Gasteiger partial charge on any atom is -0.480 e. The normalized spacial score (nSPS) is 13.5. The molecule has 368 valence electrons. The molecular formula is C71H47B2N5O. The van der Waals surface area contributed by atoms with Crippen LogP contribution in [0.3, 0.4) is 0 Å². The predicted octanol–water partition coefficient (Wildman–Crippen LogP) is 14.9. The van der Waals surface area contributed by atoms with Crippen molar-refractivity contribution >= 4 is 132 Å². The van der Waals surface area contributed by atoms with Gasteiger partial charge in [-0.1, -0.05) is 170 Å². The minimum absolute atomic E-state index is 0.223. The van der Waals surface area contributed by atoms with Gasteiger partial charge in [-0.25, -0.2) is 0 Å². The van der Waals surface area contributed by atoms with E-state index >= 15 is 0 Å². The zero-order chi connectivity index (χ0) is 51.9. The van der Waals surface area contributed by atoms with Crippen molar-refractivity contribution in [2.24, 2.45) is 0 Å². The third kappa shape index (κ3) is 6.37. The number of furan rings is 1. The molecule has 17 rings (SSSR count). The second-order valence-electron chi connectivity index (χ2n) is 21.3. The topological polar surface area (TPSA) is 29.3 Å². The smallest absolute Gasteiger partial charge is 0.297 e. The van der Waals surface area contributed by atoms with E-state index < -0.39 is 0 Å². The lowest BCUT2D eigenvalue weighted by molar-refractivity contribution is 0.634. The van der Waals surface area contributed by atoms with Crippen molar-refractivity contribution in [3.63, 3.8) is 0 Å². The average Bonchev–Trinajstić information content (AvgIpc) is 2.50. The molecule has 8 heteroatoms. The summed E-state index contributed by atoms with van der Waals surface area (Å²) in [6.45, 7) is 1.75. The van der Waals surface area contributed by atoms with E-state index in [1.165, 1.54) is 49.8 Å². The maximum absolute atomic E-state index is 8.11. The number of nitrogens with zero attached hydrogens (tertiary/aromatic N) is 5. The fourth-order valence-electron chi connectivity index (χ4n) is 13.7. The van der Waals surface area contributed by atoms with Crippen molar-refractivity contribution in [1.82, 2.24) is 0 Å². The van der Waals surface area contributed by atoms with Crippen molar-refractivity contribution in [2.75, 3.05) is 24.5 Å². The number of hydrogen-bond donors (Lipinski definition) is 0. The molecular weight excluding hydrogens is 960 g/mol. The van der Waals surface area contributed by atoms with Gasteiger partial charge in [0.1, 0.15) is 11.4 Å². The molecule has 0 N–H and O–H groups in total. The quantitative estimate of drug-likeness (QED) is 0.148. The molecule has 5 aliphatic heterocycles. The fraction of sp³-hybridized carbons (Fsp3) is 0.0141. The molecule has 0 spiro atoms. The van der Waals surface area contributed by atoms with E-state index in [0.717, 1.165) is 96.5 Å².